The Labute approximate surface area is 178 Å². The third kappa shape index (κ3) is 5.53. The smallest absolute Gasteiger partial charge is 0.255 e. The fourth-order valence-electron chi connectivity index (χ4n) is 2.57. The third-order valence-corrected chi connectivity index (χ3v) is 4.93. The number of hydrogen-bond acceptors (Lipinski definition) is 7. The lowest BCUT2D eigenvalue weighted by Crippen LogP contribution is -2.14. The molecule has 0 spiro atoms. The van der Waals surface area contributed by atoms with Gasteiger partial charge in [0.25, 0.3) is 5.91 Å². The molecule has 0 aliphatic carbocycles. The summed E-state index contributed by atoms with van der Waals surface area (Å²) >= 11 is 0.983. The highest BCUT2D eigenvalue weighted by molar-refractivity contribution is 8.01. The molecule has 0 radical (unpaired) electrons. The molecule has 0 atom stereocenters. The molecule has 0 unspecified atom stereocenters. The topological polar surface area (TPSA) is 90.9 Å². The summed E-state index contributed by atoms with van der Waals surface area (Å²) in [6.45, 7) is 1.47. The highest BCUT2D eigenvalue weighted by atomic mass is 32.2. The lowest BCUT2D eigenvalue weighted by Gasteiger charge is -2.16. The first-order valence-corrected chi connectivity index (χ1v) is 9.82. The molecule has 3 aromatic carbocycles. The van der Waals surface area contributed by atoms with E-state index in [1.54, 1.807) is 55.6 Å². The number of ether oxygens (including phenoxy) is 1. The molecule has 154 valence electrons. The normalized spacial score (nSPS) is 10.2. The van der Waals surface area contributed by atoms with Gasteiger partial charge in [0.15, 0.2) is 5.78 Å². The number of amides is 1. The van der Waals surface area contributed by atoms with E-state index >= 15 is 0 Å². The van der Waals surface area contributed by atoms with Crippen LogP contribution in [-0.4, -0.2) is 24.0 Å². The van der Waals surface area contributed by atoms with E-state index in [2.05, 4.69) is 10.0 Å². The van der Waals surface area contributed by atoms with E-state index in [4.69, 9.17) is 4.74 Å². The van der Waals surface area contributed by atoms with E-state index in [0.717, 1.165) is 28.0 Å². The summed E-state index contributed by atoms with van der Waals surface area (Å²) in [5.41, 5.74) is 2.79. The molecule has 30 heavy (non-hydrogen) atoms. The van der Waals surface area contributed by atoms with Crippen molar-refractivity contribution in [2.24, 2.45) is 0 Å². The largest absolute Gasteiger partial charge is 0.497 e. The number of methoxy groups -OCH3 is 1. The number of carbonyl (C=O) groups is 2. The van der Waals surface area contributed by atoms with Gasteiger partial charge in [-0.2, -0.15) is 4.47 Å². The summed E-state index contributed by atoms with van der Waals surface area (Å²) < 4.78 is 9.08. The highest BCUT2D eigenvalue weighted by Gasteiger charge is 2.10. The Morgan fingerprint density at radius 2 is 1.63 bits per heavy atom. The summed E-state index contributed by atoms with van der Waals surface area (Å²) in [6.07, 6.45) is 0. The van der Waals surface area contributed by atoms with Crippen LogP contribution >= 0.6 is 12.1 Å². The van der Waals surface area contributed by atoms with Crippen molar-refractivity contribution >= 4 is 40.9 Å². The Morgan fingerprint density at radius 3 is 2.27 bits per heavy atom. The number of nitrogens with zero attached hydrogens (tertiary/aromatic N) is 1. The zero-order valence-electron chi connectivity index (χ0n) is 16.5. The van der Waals surface area contributed by atoms with Crippen LogP contribution in [0.5, 0.6) is 5.75 Å². The molecule has 7 nitrogen and oxygen atoms in total. The Hall–Kier alpha value is -3.49. The predicted octanol–water partition coefficient (Wildman–Crippen LogP) is 5.02. The van der Waals surface area contributed by atoms with E-state index in [9.17, 15) is 14.8 Å². The van der Waals surface area contributed by atoms with Gasteiger partial charge in [-0.1, -0.05) is 12.1 Å². The molecule has 0 heterocycles. The predicted molar refractivity (Wildman–Crippen MR) is 119 cm³/mol. The second-order valence-corrected chi connectivity index (χ2v) is 7.07. The maximum atomic E-state index is 12.4. The number of benzene rings is 3. The van der Waals surface area contributed by atoms with E-state index in [-0.39, 0.29) is 11.7 Å². The van der Waals surface area contributed by atoms with E-state index in [1.165, 1.54) is 6.92 Å². The first-order chi connectivity index (χ1) is 14.5. The minimum atomic E-state index is -0.309. The van der Waals surface area contributed by atoms with Crippen LogP contribution in [0.2, 0.25) is 0 Å². The van der Waals surface area contributed by atoms with Crippen molar-refractivity contribution in [1.82, 2.24) is 0 Å². The molecular formula is C22H21N3O4S. The minimum Gasteiger partial charge on any atom is -0.497 e. The molecule has 3 rings (SSSR count). The van der Waals surface area contributed by atoms with Gasteiger partial charge in [-0.25, -0.2) is 0 Å². The van der Waals surface area contributed by atoms with Crippen molar-refractivity contribution in [2.45, 2.75) is 6.92 Å². The summed E-state index contributed by atoms with van der Waals surface area (Å²) in [6, 6.07) is 20.5. The average molecular weight is 423 g/mol. The summed E-state index contributed by atoms with van der Waals surface area (Å²) in [5, 5.41) is 13.0. The van der Waals surface area contributed by atoms with Crippen molar-refractivity contribution in [3.63, 3.8) is 0 Å². The Balaban J connectivity index is 1.58. The molecule has 8 heteroatoms. The van der Waals surface area contributed by atoms with Gasteiger partial charge in [-0.15, -0.1) is 0 Å². The fraction of sp³-hybridized carbons (Fsp3) is 0.0909. The standard InChI is InChI=1S/C22H21N3O4S/c1-15(26)17-4-3-5-19(14-17)23-22(27)16-6-10-20(11-7-16)25(28)30-24-18-8-12-21(29-2)13-9-18/h3-14,24,28H,1-2H3,(H,23,27). The molecule has 0 fully saturated rings. The Kier molecular flexibility index (Phi) is 6.95. The van der Waals surface area contributed by atoms with Crippen LogP contribution < -0.4 is 19.2 Å². The van der Waals surface area contributed by atoms with Crippen LogP contribution in [0.1, 0.15) is 27.6 Å². The van der Waals surface area contributed by atoms with Crippen LogP contribution in [0.4, 0.5) is 17.1 Å². The molecule has 3 aromatic rings. The number of rotatable bonds is 8. The average Bonchev–Trinajstić information content (AvgIpc) is 2.78. The molecule has 0 saturated heterocycles. The minimum absolute atomic E-state index is 0.0701. The molecule has 1 amide bonds. The fourth-order valence-corrected chi connectivity index (χ4v) is 3.12. The van der Waals surface area contributed by atoms with Gasteiger partial charge in [0.2, 0.25) is 0 Å². The van der Waals surface area contributed by atoms with Gasteiger partial charge in [0.05, 0.1) is 24.9 Å². The first-order valence-electron chi connectivity index (χ1n) is 9.05. The van der Waals surface area contributed by atoms with Crippen LogP contribution in [-0.2, 0) is 0 Å². The molecule has 3 N–H and O–H groups in total. The van der Waals surface area contributed by atoms with Crippen molar-refractivity contribution < 1.29 is 19.5 Å². The second kappa shape index (κ2) is 9.82. The van der Waals surface area contributed by atoms with Gasteiger partial charge in [0, 0.05) is 22.5 Å². The van der Waals surface area contributed by atoms with Crippen LogP contribution in [0.15, 0.2) is 72.8 Å². The first kappa shape index (κ1) is 21.2. The van der Waals surface area contributed by atoms with Crippen molar-refractivity contribution in [1.29, 1.82) is 0 Å². The Morgan fingerprint density at radius 1 is 0.933 bits per heavy atom. The number of carbonyl (C=O) groups excluding carboxylic acids is 2. The quantitative estimate of drug-likeness (QED) is 0.266. The van der Waals surface area contributed by atoms with Gasteiger partial charge < -0.3 is 14.8 Å². The maximum absolute atomic E-state index is 12.4. The van der Waals surface area contributed by atoms with Crippen LogP contribution in [0.25, 0.3) is 0 Å². The summed E-state index contributed by atoms with van der Waals surface area (Å²) in [7, 11) is 1.60. The molecular weight excluding hydrogens is 402 g/mol. The molecule has 0 aliphatic rings. The SMILES string of the molecule is COc1ccc(NSN(O)c2ccc(C(=O)Nc3cccc(C(C)=O)c3)cc2)cc1. The number of ketones is 1. The zero-order chi connectivity index (χ0) is 21.5. The zero-order valence-corrected chi connectivity index (χ0v) is 17.3. The van der Waals surface area contributed by atoms with E-state index < -0.39 is 0 Å². The van der Waals surface area contributed by atoms with E-state index in [1.807, 2.05) is 24.3 Å². The van der Waals surface area contributed by atoms with Gasteiger partial charge >= 0.3 is 0 Å². The van der Waals surface area contributed by atoms with Gasteiger partial charge in [0.1, 0.15) is 5.75 Å². The van der Waals surface area contributed by atoms with Crippen molar-refractivity contribution in [2.75, 3.05) is 21.6 Å². The van der Waals surface area contributed by atoms with Crippen LogP contribution in [0, 0.1) is 0 Å². The number of anilines is 3. The van der Waals surface area contributed by atoms with Crippen LogP contribution in [0.3, 0.4) is 0 Å². The lowest BCUT2D eigenvalue weighted by atomic mass is 10.1. The highest BCUT2D eigenvalue weighted by Crippen LogP contribution is 2.24. The number of nitrogens with one attached hydrogen (secondary N) is 2. The number of Topliss-reactive ketones (excluding diaryl/α,β-unsaturated/α-hetero) is 1. The Bertz CT molecular complexity index is 1020. The molecule has 0 bridgehead atoms. The summed E-state index contributed by atoms with van der Waals surface area (Å²) in [5.74, 6) is 0.364. The van der Waals surface area contributed by atoms with Crippen molar-refractivity contribution in [3.05, 3.63) is 83.9 Å². The van der Waals surface area contributed by atoms with Gasteiger partial charge in [-0.05, 0) is 67.6 Å². The maximum Gasteiger partial charge on any atom is 0.255 e. The molecule has 0 saturated carbocycles. The summed E-state index contributed by atoms with van der Waals surface area (Å²) in [4.78, 5) is 23.9. The van der Waals surface area contributed by atoms with Gasteiger partial charge in [-0.3, -0.25) is 14.8 Å². The van der Waals surface area contributed by atoms with Crippen molar-refractivity contribution in [3.8, 4) is 5.75 Å². The molecule has 0 aliphatic heterocycles. The molecule has 0 aromatic heterocycles. The number of hydrogen-bond donors (Lipinski definition) is 3. The monoisotopic (exact) mass is 423 g/mol. The second-order valence-electron chi connectivity index (χ2n) is 6.33. The van der Waals surface area contributed by atoms with E-state index in [0.29, 0.717) is 22.5 Å². The third-order valence-electron chi connectivity index (χ3n) is 4.22. The lowest BCUT2D eigenvalue weighted by molar-refractivity contribution is 0.101.